The molecule has 1 fully saturated rings. The number of hydrogen-bond acceptors (Lipinski definition) is 5. The molecule has 1 saturated carbocycles. The predicted molar refractivity (Wildman–Crippen MR) is 130 cm³/mol. The Kier molecular flexibility index (Phi) is 7.31. The lowest BCUT2D eigenvalue weighted by molar-refractivity contribution is -0.126. The maximum atomic E-state index is 12.7. The Morgan fingerprint density at radius 1 is 1.18 bits per heavy atom. The number of hydrogen-bond donors (Lipinski definition) is 2. The number of fused-ring (bicyclic) bond motifs is 1. The van der Waals surface area contributed by atoms with E-state index in [1.54, 1.807) is 19.4 Å². The van der Waals surface area contributed by atoms with Gasteiger partial charge in [-0.1, -0.05) is 36.9 Å². The molecular weight excluding hydrogens is 436 g/mol. The lowest BCUT2D eigenvalue weighted by Gasteiger charge is -2.21. The number of halogens is 1. The second-order valence-electron chi connectivity index (χ2n) is 8.38. The van der Waals surface area contributed by atoms with E-state index >= 15 is 0 Å². The van der Waals surface area contributed by atoms with Crippen molar-refractivity contribution in [3.63, 3.8) is 0 Å². The number of carbonyl (C=O) groups is 1. The molecule has 2 aromatic carbocycles. The van der Waals surface area contributed by atoms with Gasteiger partial charge in [0.05, 0.1) is 35.0 Å². The fraction of sp³-hybridized carbons (Fsp3) is 0.346. The summed E-state index contributed by atoms with van der Waals surface area (Å²) < 4.78 is 5.24. The van der Waals surface area contributed by atoms with E-state index in [9.17, 15) is 10.1 Å². The van der Waals surface area contributed by atoms with Crippen LogP contribution in [0.15, 0.2) is 42.6 Å². The van der Waals surface area contributed by atoms with Gasteiger partial charge in [0.1, 0.15) is 5.75 Å². The third-order valence-electron chi connectivity index (χ3n) is 6.19. The summed E-state index contributed by atoms with van der Waals surface area (Å²) in [5.41, 5.74) is 4.06. The van der Waals surface area contributed by atoms with Crippen LogP contribution < -0.4 is 15.4 Å². The second kappa shape index (κ2) is 10.5. The topological polar surface area (TPSA) is 87.0 Å². The van der Waals surface area contributed by atoms with Crippen LogP contribution >= 0.6 is 11.6 Å². The van der Waals surface area contributed by atoms with Crippen molar-refractivity contribution in [3.8, 4) is 11.8 Å². The minimum Gasteiger partial charge on any atom is -0.495 e. The zero-order valence-corrected chi connectivity index (χ0v) is 19.4. The standard InChI is InChI=1S/C26H27ClN4O2/c1-33-24-10-8-18(12-22(24)27)14-30-25-20(16-31-26(32)19-5-3-2-4-6-19)15-29-23-9-7-17(13-28)11-21(23)25/h7-12,15,19H,2-6,14,16H2,1H3,(H,29,30)(H,31,32). The Bertz CT molecular complexity index is 1200. The Morgan fingerprint density at radius 3 is 2.73 bits per heavy atom. The molecule has 1 heterocycles. The molecule has 0 aliphatic heterocycles. The highest BCUT2D eigenvalue weighted by Crippen LogP contribution is 2.30. The highest BCUT2D eigenvalue weighted by molar-refractivity contribution is 6.32. The predicted octanol–water partition coefficient (Wildman–Crippen LogP) is 5.58. The van der Waals surface area contributed by atoms with Crippen LogP contribution in [0.1, 0.15) is 48.8 Å². The number of ether oxygens (including phenoxy) is 1. The molecular formula is C26H27ClN4O2. The molecule has 4 rings (SSSR count). The summed E-state index contributed by atoms with van der Waals surface area (Å²) in [6.45, 7) is 0.893. The van der Waals surface area contributed by atoms with Gasteiger partial charge in [0, 0.05) is 36.2 Å². The Balaban J connectivity index is 1.60. The van der Waals surface area contributed by atoms with Crippen LogP contribution in [-0.4, -0.2) is 18.0 Å². The molecule has 33 heavy (non-hydrogen) atoms. The van der Waals surface area contributed by atoms with Gasteiger partial charge in [-0.05, 0) is 48.7 Å². The fourth-order valence-corrected chi connectivity index (χ4v) is 4.63. The van der Waals surface area contributed by atoms with E-state index in [4.69, 9.17) is 16.3 Å². The van der Waals surface area contributed by atoms with E-state index in [2.05, 4.69) is 21.7 Å². The van der Waals surface area contributed by atoms with E-state index in [1.165, 1.54) is 6.42 Å². The van der Waals surface area contributed by atoms with Gasteiger partial charge in [-0.15, -0.1) is 0 Å². The first-order chi connectivity index (χ1) is 16.1. The second-order valence-corrected chi connectivity index (χ2v) is 8.78. The molecule has 0 unspecified atom stereocenters. The molecule has 170 valence electrons. The smallest absolute Gasteiger partial charge is 0.223 e. The lowest BCUT2D eigenvalue weighted by atomic mass is 9.88. The highest BCUT2D eigenvalue weighted by atomic mass is 35.5. The van der Waals surface area contributed by atoms with Gasteiger partial charge in [-0.3, -0.25) is 9.78 Å². The first kappa shape index (κ1) is 22.9. The molecule has 0 bridgehead atoms. The molecule has 7 heteroatoms. The van der Waals surface area contributed by atoms with Crippen LogP contribution in [0.3, 0.4) is 0 Å². The van der Waals surface area contributed by atoms with Crippen molar-refractivity contribution in [2.24, 2.45) is 5.92 Å². The average molecular weight is 463 g/mol. The Hall–Kier alpha value is -3.30. The van der Waals surface area contributed by atoms with E-state index in [0.717, 1.165) is 53.4 Å². The highest BCUT2D eigenvalue weighted by Gasteiger charge is 2.21. The van der Waals surface area contributed by atoms with Crippen LogP contribution in [0.2, 0.25) is 5.02 Å². The summed E-state index contributed by atoms with van der Waals surface area (Å²) in [4.78, 5) is 17.3. The van der Waals surface area contributed by atoms with Crippen molar-refractivity contribution >= 4 is 34.1 Å². The first-order valence-corrected chi connectivity index (χ1v) is 11.6. The van der Waals surface area contributed by atoms with Crippen LogP contribution in [-0.2, 0) is 17.9 Å². The first-order valence-electron chi connectivity index (χ1n) is 11.2. The molecule has 1 aromatic heterocycles. The average Bonchev–Trinajstić information content (AvgIpc) is 2.86. The number of nitriles is 1. The summed E-state index contributed by atoms with van der Waals surface area (Å²) >= 11 is 6.29. The number of rotatable bonds is 7. The molecule has 0 spiro atoms. The van der Waals surface area contributed by atoms with Gasteiger partial charge in [-0.25, -0.2) is 0 Å². The van der Waals surface area contributed by atoms with Crippen molar-refractivity contribution in [3.05, 3.63) is 64.3 Å². The zero-order chi connectivity index (χ0) is 23.2. The van der Waals surface area contributed by atoms with Crippen molar-refractivity contribution in [1.82, 2.24) is 10.3 Å². The molecule has 0 atom stereocenters. The number of anilines is 1. The summed E-state index contributed by atoms with van der Waals surface area (Å²) in [6.07, 6.45) is 7.14. The van der Waals surface area contributed by atoms with E-state index in [1.807, 2.05) is 30.3 Å². The third-order valence-corrected chi connectivity index (χ3v) is 6.49. The quantitative estimate of drug-likeness (QED) is 0.478. The number of carbonyl (C=O) groups excluding carboxylic acids is 1. The molecule has 1 aliphatic carbocycles. The maximum Gasteiger partial charge on any atom is 0.223 e. The van der Waals surface area contributed by atoms with Gasteiger partial charge in [0.25, 0.3) is 0 Å². The van der Waals surface area contributed by atoms with Gasteiger partial charge in [-0.2, -0.15) is 5.26 Å². The van der Waals surface area contributed by atoms with Crippen molar-refractivity contribution in [2.75, 3.05) is 12.4 Å². The van der Waals surface area contributed by atoms with Crippen molar-refractivity contribution in [1.29, 1.82) is 5.26 Å². The number of amides is 1. The van der Waals surface area contributed by atoms with E-state index in [0.29, 0.717) is 29.4 Å². The molecule has 3 aromatic rings. The van der Waals surface area contributed by atoms with Crippen molar-refractivity contribution in [2.45, 2.75) is 45.2 Å². The number of aromatic nitrogens is 1. The van der Waals surface area contributed by atoms with Crippen LogP contribution in [0, 0.1) is 17.2 Å². The van der Waals surface area contributed by atoms with E-state index in [-0.39, 0.29) is 11.8 Å². The number of nitrogens with zero attached hydrogens (tertiary/aromatic N) is 2. The monoisotopic (exact) mass is 462 g/mol. The summed E-state index contributed by atoms with van der Waals surface area (Å²) in [5, 5.41) is 17.4. The third kappa shape index (κ3) is 5.37. The molecule has 2 N–H and O–H groups in total. The van der Waals surface area contributed by atoms with Gasteiger partial charge in [0.15, 0.2) is 0 Å². The summed E-state index contributed by atoms with van der Waals surface area (Å²) in [5.74, 6) is 0.822. The van der Waals surface area contributed by atoms with Crippen LogP contribution in [0.5, 0.6) is 5.75 Å². The number of methoxy groups -OCH3 is 1. The molecule has 1 aliphatic rings. The minimum absolute atomic E-state index is 0.0928. The Morgan fingerprint density at radius 2 is 2.00 bits per heavy atom. The number of benzene rings is 2. The number of pyridine rings is 1. The van der Waals surface area contributed by atoms with Gasteiger partial charge in [0.2, 0.25) is 5.91 Å². The SMILES string of the molecule is COc1ccc(CNc2c(CNC(=O)C3CCCCC3)cnc3ccc(C#N)cc23)cc1Cl. The summed E-state index contributed by atoms with van der Waals surface area (Å²) in [6, 6.07) is 13.3. The lowest BCUT2D eigenvalue weighted by Crippen LogP contribution is -2.31. The normalized spacial score (nSPS) is 14.0. The molecule has 1 amide bonds. The number of nitrogens with one attached hydrogen (secondary N) is 2. The molecule has 0 saturated heterocycles. The minimum atomic E-state index is 0.0928. The van der Waals surface area contributed by atoms with Gasteiger partial charge < -0.3 is 15.4 Å². The van der Waals surface area contributed by atoms with Crippen molar-refractivity contribution < 1.29 is 9.53 Å². The largest absolute Gasteiger partial charge is 0.495 e. The molecule has 0 radical (unpaired) electrons. The summed E-state index contributed by atoms with van der Waals surface area (Å²) in [7, 11) is 1.59. The molecule has 6 nitrogen and oxygen atoms in total. The van der Waals surface area contributed by atoms with E-state index < -0.39 is 0 Å². The zero-order valence-electron chi connectivity index (χ0n) is 18.7. The maximum absolute atomic E-state index is 12.7. The fourth-order valence-electron chi connectivity index (χ4n) is 4.35. The van der Waals surface area contributed by atoms with Crippen LogP contribution in [0.4, 0.5) is 5.69 Å². The Labute approximate surface area is 198 Å². The van der Waals surface area contributed by atoms with Gasteiger partial charge >= 0.3 is 0 Å². The van der Waals surface area contributed by atoms with Crippen LogP contribution in [0.25, 0.3) is 10.9 Å².